The van der Waals surface area contributed by atoms with Crippen LogP contribution in [0.4, 0.5) is 0 Å². The molecule has 0 aliphatic heterocycles. The van der Waals surface area contributed by atoms with Crippen molar-refractivity contribution in [3.8, 4) is 0 Å². The third-order valence-electron chi connectivity index (χ3n) is 0.717. The van der Waals surface area contributed by atoms with Crippen LogP contribution in [0.5, 0.6) is 0 Å². The molecule has 15 heavy (non-hydrogen) atoms. The molecule has 0 aromatic rings. The van der Waals surface area contributed by atoms with E-state index in [0.29, 0.717) is 0 Å². The summed E-state index contributed by atoms with van der Waals surface area (Å²) in [6, 6.07) is 0. The molecule has 8 nitrogen and oxygen atoms in total. The van der Waals surface area contributed by atoms with Gasteiger partial charge in [0.25, 0.3) is 0 Å². The van der Waals surface area contributed by atoms with E-state index < -0.39 is 14.6 Å². The van der Waals surface area contributed by atoms with E-state index in [1.165, 1.54) is 0 Å². The van der Waals surface area contributed by atoms with E-state index in [4.69, 9.17) is 30.3 Å². The average Bonchev–Trinajstić information content (AvgIpc) is 2.12. The fourth-order valence-corrected chi connectivity index (χ4v) is 0.307. The van der Waals surface area contributed by atoms with Crippen molar-refractivity contribution in [2.24, 2.45) is 0 Å². The van der Waals surface area contributed by atoms with E-state index in [9.17, 15) is 0 Å². The molecule has 6 N–H and O–H groups in total. The van der Waals surface area contributed by atoms with Crippen LogP contribution in [-0.2, 0) is 9.31 Å². The molecular weight excluding hydrogens is 237 g/mol. The first-order valence-corrected chi connectivity index (χ1v) is 3.71. The second-order valence-electron chi connectivity index (χ2n) is 1.84. The van der Waals surface area contributed by atoms with Gasteiger partial charge in [0, 0.05) is 0 Å². The summed E-state index contributed by atoms with van der Waals surface area (Å²) in [4.78, 5) is 0. The van der Waals surface area contributed by atoms with Crippen LogP contribution in [0.1, 0.15) is 1.43 Å². The maximum absolute atomic E-state index is 8.07. The third-order valence-corrected chi connectivity index (χ3v) is 0.717. The van der Waals surface area contributed by atoms with Gasteiger partial charge in [0.1, 0.15) is 0 Å². The summed E-state index contributed by atoms with van der Waals surface area (Å²) in [5, 5.41) is 47.5. The van der Waals surface area contributed by atoms with Crippen molar-refractivity contribution in [2.45, 2.75) is 0 Å². The fourth-order valence-electron chi connectivity index (χ4n) is 0.307. The minimum absolute atomic E-state index is 0. The molecule has 11 heteroatoms. The van der Waals surface area contributed by atoms with Gasteiger partial charge >= 0.3 is 66.0 Å². The Morgan fingerprint density at radius 2 is 1.07 bits per heavy atom. The molecule has 0 aromatic heterocycles. The molecule has 0 aliphatic rings. The maximum atomic E-state index is 8.07. The second kappa shape index (κ2) is 17.8. The molecule has 0 fully saturated rings. The Labute approximate surface area is 132 Å². The van der Waals surface area contributed by atoms with Gasteiger partial charge in [-0.3, -0.25) is 0 Å². The molecule has 0 aromatic carbocycles. The van der Waals surface area contributed by atoms with Gasteiger partial charge in [-0.1, -0.05) is 0 Å². The predicted octanol–water partition coefficient (Wildman–Crippen LogP) is -6.95. The van der Waals surface area contributed by atoms with Crippen molar-refractivity contribution < 1.29 is 92.4 Å². The molecule has 0 amide bonds. The van der Waals surface area contributed by atoms with Crippen molar-refractivity contribution in [3.05, 3.63) is 0 Å². The molecule has 0 spiro atoms. The fraction of sp³-hybridized carbons (Fsp3) is 1.00. The van der Waals surface area contributed by atoms with Gasteiger partial charge < -0.3 is 41.0 Å². The number of hydrogen-bond acceptors (Lipinski definition) is 8. The number of hydrogen-bond donors (Lipinski definition) is 6. The van der Waals surface area contributed by atoms with Gasteiger partial charge in [0.15, 0.2) is 0 Å². The first-order valence-electron chi connectivity index (χ1n) is 3.71. The number of aliphatic hydroxyl groups excluding tert-OH is 2. The second-order valence-corrected chi connectivity index (χ2v) is 1.84. The van der Waals surface area contributed by atoms with Crippen LogP contribution in [0, 0.1) is 0 Å². The van der Waals surface area contributed by atoms with Gasteiger partial charge in [0.05, 0.1) is 26.4 Å². The van der Waals surface area contributed by atoms with Crippen molar-refractivity contribution in [2.75, 3.05) is 26.4 Å². The van der Waals surface area contributed by atoms with E-state index in [2.05, 4.69) is 9.31 Å². The molecule has 0 bridgehead atoms. The summed E-state index contributed by atoms with van der Waals surface area (Å²) in [5.74, 6) is 0. The molecule has 0 aliphatic carbocycles. The smallest absolute Gasteiger partial charge is 1.00 e. The summed E-state index contributed by atoms with van der Waals surface area (Å²) >= 11 is 0. The first-order chi connectivity index (χ1) is 6.54. The Bertz CT molecular complexity index is 100. The molecule has 0 saturated heterocycles. The van der Waals surface area contributed by atoms with Crippen LogP contribution in [0.15, 0.2) is 0 Å². The Balaban J connectivity index is -0.000000105. The Hall–Kier alpha value is 1.45. The zero-order chi connectivity index (χ0) is 11.4. The minimum atomic E-state index is -1.85. The minimum Gasteiger partial charge on any atom is -1.00 e. The molecule has 0 radical (unpaired) electrons. The molecule has 86 valence electrons. The van der Waals surface area contributed by atoms with Gasteiger partial charge in [-0.2, -0.15) is 0 Å². The van der Waals surface area contributed by atoms with Crippen LogP contribution in [0.25, 0.3) is 0 Å². The Kier molecular flexibility index (Phi) is 25.8. The summed E-state index contributed by atoms with van der Waals surface area (Å²) in [7, 11) is -3.70. The quantitative estimate of drug-likeness (QED) is 0.202. The van der Waals surface area contributed by atoms with E-state index in [0.717, 1.165) is 0 Å². The van der Waals surface area contributed by atoms with Crippen LogP contribution in [0.2, 0.25) is 0 Å². The van der Waals surface area contributed by atoms with Gasteiger partial charge in [-0.25, -0.2) is 0 Å². The van der Waals surface area contributed by atoms with E-state index in [-0.39, 0.29) is 79.2 Å². The van der Waals surface area contributed by atoms with Crippen molar-refractivity contribution in [1.82, 2.24) is 0 Å². The van der Waals surface area contributed by atoms with Crippen LogP contribution in [0.3, 0.4) is 0 Å². The average molecular weight is 252 g/mol. The van der Waals surface area contributed by atoms with Crippen molar-refractivity contribution in [1.29, 1.82) is 0 Å². The van der Waals surface area contributed by atoms with Gasteiger partial charge in [-0.15, -0.1) is 0 Å². The number of aliphatic hydroxyl groups is 2. The van der Waals surface area contributed by atoms with Gasteiger partial charge in [-0.05, 0) is 0 Å². The number of rotatable bonds is 6. The topological polar surface area (TPSA) is 140 Å². The van der Waals surface area contributed by atoms with Gasteiger partial charge in [0.2, 0.25) is 0 Å². The molecule has 0 atom stereocenters. The molecular formula is C4H15B2KO8. The van der Waals surface area contributed by atoms with E-state index >= 15 is 0 Å². The first kappa shape index (κ1) is 21.7. The zero-order valence-electron chi connectivity index (χ0n) is 9.48. The Morgan fingerprint density at radius 3 is 1.20 bits per heavy atom. The normalized spacial score (nSPS) is 8.40. The summed E-state index contributed by atoms with van der Waals surface area (Å²) in [5.41, 5.74) is 0. The van der Waals surface area contributed by atoms with Crippen LogP contribution in [-0.4, -0.2) is 71.4 Å². The monoisotopic (exact) mass is 252 g/mol. The predicted molar refractivity (Wildman–Crippen MR) is 47.6 cm³/mol. The molecule has 0 heterocycles. The van der Waals surface area contributed by atoms with Crippen molar-refractivity contribution in [3.63, 3.8) is 0 Å². The molecule has 0 saturated carbocycles. The largest absolute Gasteiger partial charge is 1.00 e. The Morgan fingerprint density at radius 1 is 0.800 bits per heavy atom. The SMILES string of the molecule is OB(O)OCCOB(O)O.OCCO.[H-].[K+]. The summed E-state index contributed by atoms with van der Waals surface area (Å²) in [6.45, 7) is -0.482. The van der Waals surface area contributed by atoms with Crippen LogP contribution < -0.4 is 51.4 Å². The van der Waals surface area contributed by atoms with Crippen molar-refractivity contribution >= 4 is 14.6 Å². The molecule has 0 rings (SSSR count). The third kappa shape index (κ3) is 31.3. The summed E-state index contributed by atoms with van der Waals surface area (Å²) < 4.78 is 8.31. The maximum Gasteiger partial charge on any atom is 1.00 e. The standard InChI is InChI=1S/C2H8B2O6.C2H6O2.K.H/c5-3(6)9-1-2-10-4(7)8;3-1-2-4;;/h5-8H,1-2H2;3-4H,1-2H2;;/q;;+1;-1. The molecule has 0 unspecified atom stereocenters. The zero-order valence-corrected chi connectivity index (χ0v) is 11.6. The summed E-state index contributed by atoms with van der Waals surface area (Å²) in [6.07, 6.45) is 0. The van der Waals surface area contributed by atoms with Crippen LogP contribution >= 0.6 is 0 Å². The van der Waals surface area contributed by atoms with E-state index in [1.807, 2.05) is 0 Å². The van der Waals surface area contributed by atoms with E-state index in [1.54, 1.807) is 0 Å².